The number of thiophene rings is 1. The van der Waals surface area contributed by atoms with E-state index in [0.29, 0.717) is 51.6 Å². The Morgan fingerprint density at radius 3 is 1.21 bits per heavy atom. The first-order chi connectivity index (χ1) is 47.8. The van der Waals surface area contributed by atoms with Crippen molar-refractivity contribution in [3.63, 3.8) is 0 Å². The van der Waals surface area contributed by atoms with Crippen molar-refractivity contribution in [1.29, 1.82) is 0 Å². The van der Waals surface area contributed by atoms with Crippen molar-refractivity contribution in [3.05, 3.63) is 209 Å². The Morgan fingerprint density at radius 1 is 0.455 bits per heavy atom. The van der Waals surface area contributed by atoms with Gasteiger partial charge in [-0.15, -0.1) is 11.3 Å². The SMILES string of the molecule is CC(C)=CCOC(=O)C(C)NC(=O)Cc1cccc(Cl)c1.CC(C)COC(=O)C(CC(C)C)NC(=O)Cc1ccccc1.CC(NC(=O)Cc1cccc(Cl)c1)C(=O)O.CC(NC(=O)Cc1cccc(Cl)c1)C(=O)OCC1CC1.CC(NC(=O)Cc1cccc(Cl)c1)C(=O)OCc1cccs1. The van der Waals surface area contributed by atoms with Gasteiger partial charge in [-0.25, -0.2) is 19.2 Å². The van der Waals surface area contributed by atoms with Gasteiger partial charge in [0.05, 0.1) is 45.3 Å². The predicted octanol–water partition coefficient (Wildman–Crippen LogP) is 12.9. The van der Waals surface area contributed by atoms with Crippen LogP contribution < -0.4 is 26.6 Å². The van der Waals surface area contributed by atoms with Crippen LogP contribution in [0.5, 0.6) is 0 Å². The molecule has 1 aliphatic carbocycles. The molecule has 1 fully saturated rings. The van der Waals surface area contributed by atoms with E-state index in [1.807, 2.05) is 108 Å². The van der Waals surface area contributed by atoms with Crippen molar-refractivity contribution < 1.29 is 72.0 Å². The van der Waals surface area contributed by atoms with Crippen LogP contribution in [0.2, 0.25) is 20.1 Å². The van der Waals surface area contributed by atoms with Crippen LogP contribution in [-0.2, 0) is 106 Å². The standard InChI is InChI=1S/C18H27NO3.C16H16ClNO3S.C16H20ClNO3.C15H18ClNO3.C11H12ClNO3/c1-13(2)10-16(18(21)22-12-14(3)4)19-17(20)11-15-8-6-5-7-9-15;1-11(16(20)21-10-14-6-3-7-22-14)18-15(19)9-12-4-2-5-13(17)8-12;1-11(2)7-8-21-16(20)12(3)18-15(19)10-13-5-4-6-14(17)9-13;1-10(15(19)20-9-11-5-6-11)17-14(18)8-12-3-2-4-13(16)7-12;1-7(11(15)16)13-10(14)6-8-3-2-4-9(12)5-8/h5-9,13-14,16H,10-12H2,1-4H3,(H,19,20);2-8,11H,9-10H2,1H3,(H,18,19);4-7,9,12H,8,10H2,1-3H3,(H,18,19);2-4,7,10-11H,5-6,8-9H2,1H3,(H,17,18);2-5,7H,6H2,1H3,(H,13,14)(H,15,16). The van der Waals surface area contributed by atoms with Crippen LogP contribution in [0.15, 0.2) is 157 Å². The highest BCUT2D eigenvalue weighted by molar-refractivity contribution is 7.09. The summed E-state index contributed by atoms with van der Waals surface area (Å²) in [7, 11) is 0. The normalized spacial score (nSPS) is 12.6. The number of benzene rings is 5. The topological polar surface area (TPSA) is 288 Å². The van der Waals surface area contributed by atoms with Gasteiger partial charge in [-0.3, -0.25) is 28.8 Å². The second-order valence-electron chi connectivity index (χ2n) is 24.8. The van der Waals surface area contributed by atoms with Crippen molar-refractivity contribution in [2.45, 2.75) is 157 Å². The fourth-order valence-corrected chi connectivity index (χ4v) is 9.95. The zero-order valence-corrected chi connectivity index (χ0v) is 62.5. The molecule has 1 saturated carbocycles. The third-order valence-electron chi connectivity index (χ3n) is 13.9. The number of rotatable bonds is 30. The summed E-state index contributed by atoms with van der Waals surface area (Å²) < 4.78 is 20.6. The van der Waals surface area contributed by atoms with Crippen molar-refractivity contribution in [2.75, 3.05) is 19.8 Å². The first-order valence-corrected chi connectivity index (χ1v) is 35.3. The molecule has 5 amide bonds. The third-order valence-corrected chi connectivity index (χ3v) is 15.7. The average molecular weight is 1490 g/mol. The van der Waals surface area contributed by atoms with Gasteiger partial charge >= 0.3 is 29.8 Å². The second kappa shape index (κ2) is 47.5. The monoisotopic (exact) mass is 1490 g/mol. The molecule has 5 aromatic carbocycles. The van der Waals surface area contributed by atoms with E-state index in [9.17, 15) is 47.9 Å². The van der Waals surface area contributed by atoms with Gasteiger partial charge in [0, 0.05) is 25.0 Å². The van der Waals surface area contributed by atoms with Gasteiger partial charge in [0.2, 0.25) is 29.5 Å². The lowest BCUT2D eigenvalue weighted by atomic mass is 10.0. The lowest BCUT2D eigenvalue weighted by Crippen LogP contribution is -2.43. The summed E-state index contributed by atoms with van der Waals surface area (Å²) in [5, 5.41) is 25.9. The van der Waals surface area contributed by atoms with Crippen LogP contribution in [-0.4, -0.2) is 115 Å². The van der Waals surface area contributed by atoms with E-state index in [0.717, 1.165) is 51.1 Å². The molecule has 0 spiro atoms. The van der Waals surface area contributed by atoms with Gasteiger partial charge in [0.1, 0.15) is 43.4 Å². The van der Waals surface area contributed by atoms with Gasteiger partial charge in [-0.1, -0.05) is 165 Å². The van der Waals surface area contributed by atoms with Crippen LogP contribution in [0.25, 0.3) is 0 Å². The van der Waals surface area contributed by atoms with E-state index < -0.39 is 48.1 Å². The number of carbonyl (C=O) groups is 10. The summed E-state index contributed by atoms with van der Waals surface area (Å²) in [6.07, 6.45) is 5.57. The van der Waals surface area contributed by atoms with Gasteiger partial charge in [-0.2, -0.15) is 0 Å². The van der Waals surface area contributed by atoms with Gasteiger partial charge in [-0.05, 0) is 172 Å². The third kappa shape index (κ3) is 40.4. The molecule has 1 aromatic heterocycles. The number of carboxylic acid groups (broad SMARTS) is 1. The molecular formula is C76H93Cl4N5O15S. The highest BCUT2D eigenvalue weighted by Crippen LogP contribution is 2.29. The van der Waals surface area contributed by atoms with Crippen LogP contribution in [0.1, 0.15) is 121 Å². The Kier molecular flexibility index (Phi) is 40.7. The van der Waals surface area contributed by atoms with E-state index >= 15 is 0 Å². The maximum absolute atomic E-state index is 12.1. The Bertz CT molecular complexity index is 3640. The Balaban J connectivity index is 0.000000330. The molecule has 546 valence electrons. The number of amides is 5. The number of nitrogens with one attached hydrogen (secondary N) is 5. The van der Waals surface area contributed by atoms with E-state index in [-0.39, 0.29) is 92.7 Å². The summed E-state index contributed by atoms with van der Waals surface area (Å²) in [6.45, 7) is 19.4. The Labute approximate surface area is 616 Å². The number of carboxylic acids is 1. The van der Waals surface area contributed by atoms with Gasteiger partial charge < -0.3 is 50.6 Å². The largest absolute Gasteiger partial charge is 0.480 e. The molecule has 0 bridgehead atoms. The number of halogens is 4. The molecule has 5 unspecified atom stereocenters. The lowest BCUT2D eigenvalue weighted by Gasteiger charge is -2.20. The molecule has 1 aliphatic rings. The van der Waals surface area contributed by atoms with Crippen LogP contribution in [0.4, 0.5) is 0 Å². The molecule has 6 N–H and O–H groups in total. The number of aliphatic carboxylic acids is 1. The number of allylic oxidation sites excluding steroid dienone is 1. The van der Waals surface area contributed by atoms with Gasteiger partial charge in [0.25, 0.3) is 0 Å². The molecule has 1 heterocycles. The van der Waals surface area contributed by atoms with Gasteiger partial charge in [0.15, 0.2) is 0 Å². The summed E-state index contributed by atoms with van der Waals surface area (Å²) >= 11 is 24.9. The summed E-state index contributed by atoms with van der Waals surface area (Å²) in [4.78, 5) is 118. The number of hydrogen-bond donors (Lipinski definition) is 6. The zero-order valence-electron chi connectivity index (χ0n) is 58.6. The van der Waals surface area contributed by atoms with Crippen molar-refractivity contribution in [3.8, 4) is 0 Å². The molecule has 101 heavy (non-hydrogen) atoms. The smallest absolute Gasteiger partial charge is 0.328 e. The molecule has 6 aromatic rings. The fourth-order valence-electron chi connectivity index (χ4n) is 8.49. The molecule has 5 atom stereocenters. The van der Waals surface area contributed by atoms with E-state index in [1.54, 1.807) is 106 Å². The molecule has 0 aliphatic heterocycles. The molecule has 20 nitrogen and oxygen atoms in total. The van der Waals surface area contributed by atoms with E-state index in [1.165, 1.54) is 18.3 Å². The van der Waals surface area contributed by atoms with Crippen LogP contribution in [0.3, 0.4) is 0 Å². The summed E-state index contributed by atoms with van der Waals surface area (Å²) in [5.41, 5.74) is 5.16. The maximum atomic E-state index is 12.1. The van der Waals surface area contributed by atoms with Crippen molar-refractivity contribution in [1.82, 2.24) is 26.6 Å². The maximum Gasteiger partial charge on any atom is 0.328 e. The average Bonchev–Trinajstić information content (AvgIpc) is 1.03. The lowest BCUT2D eigenvalue weighted by molar-refractivity contribution is -0.149. The Hall–Kier alpha value is -8.60. The molecule has 25 heteroatoms. The summed E-state index contributed by atoms with van der Waals surface area (Å²) in [5.74, 6) is -2.78. The Morgan fingerprint density at radius 2 is 0.842 bits per heavy atom. The minimum absolute atomic E-state index is 0.123. The fraction of sp³-hybridized carbons (Fsp3) is 0.395. The molecule has 0 saturated heterocycles. The quantitative estimate of drug-likeness (QED) is 0.0139. The molecular weight excluding hydrogens is 1400 g/mol. The number of ether oxygens (including phenoxy) is 4. The number of hydrogen-bond acceptors (Lipinski definition) is 15. The van der Waals surface area contributed by atoms with Crippen LogP contribution in [0, 0.1) is 17.8 Å². The first-order valence-electron chi connectivity index (χ1n) is 32.9. The number of carbonyl (C=O) groups excluding carboxylic acids is 9. The molecule has 0 radical (unpaired) electrons. The van der Waals surface area contributed by atoms with Crippen molar-refractivity contribution >= 4 is 117 Å². The van der Waals surface area contributed by atoms with Crippen molar-refractivity contribution in [2.24, 2.45) is 17.8 Å². The predicted molar refractivity (Wildman–Crippen MR) is 394 cm³/mol. The highest BCUT2D eigenvalue weighted by Gasteiger charge is 2.27. The highest BCUT2D eigenvalue weighted by atomic mass is 35.5. The van der Waals surface area contributed by atoms with E-state index in [2.05, 4.69) is 26.6 Å². The van der Waals surface area contributed by atoms with E-state index in [4.69, 9.17) is 70.5 Å². The minimum Gasteiger partial charge on any atom is -0.480 e. The first kappa shape index (κ1) is 86.6. The van der Waals surface area contributed by atoms with Crippen LogP contribution >= 0.6 is 57.7 Å². The zero-order chi connectivity index (χ0) is 75.0. The minimum atomic E-state index is -1.06. The number of esters is 4. The summed E-state index contributed by atoms with van der Waals surface area (Å²) in [6, 6.07) is 37.9. The second-order valence-corrected chi connectivity index (χ2v) is 27.6. The molecule has 7 rings (SSSR count).